The van der Waals surface area contributed by atoms with E-state index in [0.29, 0.717) is 22.8 Å². The number of phosphoric ester groups is 1. The van der Waals surface area contributed by atoms with Crippen molar-refractivity contribution >= 4 is 36.8 Å². The SMILES string of the molecule is CC(=O)C1NC(c2ccc(C[C@@H](CCOP(=O)(O)O)NC(=O)c3ccc(OC(C)C)c(Cl)c3)cc2)=CN1C. The fourth-order valence-electron chi connectivity index (χ4n) is 4.02. The number of Topliss-reactive ketones (excluding diaryl/α,β-unsaturated/α-hetero) is 1. The Hall–Kier alpha value is -2.88. The number of nitrogens with one attached hydrogen (secondary N) is 2. The number of hydrogen-bond donors (Lipinski definition) is 4. The molecule has 0 spiro atoms. The molecule has 0 fully saturated rings. The zero-order chi connectivity index (χ0) is 28.0. The molecule has 1 amide bonds. The first-order valence-electron chi connectivity index (χ1n) is 12.1. The van der Waals surface area contributed by atoms with Crippen LogP contribution in [0.25, 0.3) is 5.70 Å². The molecule has 12 heteroatoms. The maximum Gasteiger partial charge on any atom is 0.469 e. The molecule has 206 valence electrons. The van der Waals surface area contributed by atoms with E-state index in [0.717, 1.165) is 16.8 Å². The number of carbonyl (C=O) groups excluding carboxylic acids is 2. The first kappa shape index (κ1) is 29.7. The molecule has 1 heterocycles. The third-order valence-corrected chi connectivity index (χ3v) is 6.60. The standard InChI is InChI=1S/C26H33ClN3O7P/c1-16(2)37-24-10-9-20(14-22(24)27)26(32)28-21(11-12-36-38(33,34)35)13-18-5-7-19(8-6-18)23-15-30(4)25(29-23)17(3)31/h5-10,14-16,21,25,29H,11-13H2,1-4H3,(H,28,32)(H2,33,34,35)/t21-,25?/m1/s1. The van der Waals surface area contributed by atoms with Crippen LogP contribution in [0.3, 0.4) is 0 Å². The van der Waals surface area contributed by atoms with Gasteiger partial charge >= 0.3 is 7.82 Å². The lowest BCUT2D eigenvalue weighted by molar-refractivity contribution is -0.121. The molecule has 10 nitrogen and oxygen atoms in total. The van der Waals surface area contributed by atoms with Gasteiger partial charge in [0.15, 0.2) is 11.9 Å². The van der Waals surface area contributed by atoms with Crippen LogP contribution in [0.2, 0.25) is 5.02 Å². The summed E-state index contributed by atoms with van der Waals surface area (Å²) in [5.74, 6) is 0.0897. The van der Waals surface area contributed by atoms with Crippen LogP contribution in [0.5, 0.6) is 5.75 Å². The molecule has 0 bridgehead atoms. The Morgan fingerprint density at radius 2 is 1.87 bits per heavy atom. The Bertz CT molecular complexity index is 1230. The van der Waals surface area contributed by atoms with Crippen molar-refractivity contribution in [3.63, 3.8) is 0 Å². The number of benzene rings is 2. The second-order valence-corrected chi connectivity index (χ2v) is 11.0. The van der Waals surface area contributed by atoms with Crippen LogP contribution in [0.15, 0.2) is 48.7 Å². The predicted molar refractivity (Wildman–Crippen MR) is 145 cm³/mol. The van der Waals surface area contributed by atoms with Crippen LogP contribution in [-0.2, 0) is 20.3 Å². The van der Waals surface area contributed by atoms with Gasteiger partial charge in [0, 0.05) is 24.9 Å². The van der Waals surface area contributed by atoms with Gasteiger partial charge < -0.3 is 30.1 Å². The molecule has 2 aromatic rings. The number of rotatable bonds is 12. The highest BCUT2D eigenvalue weighted by Crippen LogP contribution is 2.36. The van der Waals surface area contributed by atoms with Gasteiger partial charge in [0.1, 0.15) is 5.75 Å². The Morgan fingerprint density at radius 3 is 2.42 bits per heavy atom. The highest BCUT2D eigenvalue weighted by atomic mass is 35.5. The van der Waals surface area contributed by atoms with Crippen molar-refractivity contribution in [1.29, 1.82) is 0 Å². The molecular weight excluding hydrogens is 533 g/mol. The molecule has 3 rings (SSSR count). The van der Waals surface area contributed by atoms with E-state index in [4.69, 9.17) is 26.1 Å². The fraction of sp³-hybridized carbons (Fsp3) is 0.385. The van der Waals surface area contributed by atoms with Crippen molar-refractivity contribution in [2.45, 2.75) is 51.9 Å². The Morgan fingerprint density at radius 1 is 1.18 bits per heavy atom. The number of ether oxygens (including phenoxy) is 1. The number of hydrogen-bond acceptors (Lipinski definition) is 7. The number of phosphoric acid groups is 1. The molecule has 38 heavy (non-hydrogen) atoms. The second-order valence-electron chi connectivity index (χ2n) is 9.36. The second kappa shape index (κ2) is 12.8. The molecule has 1 unspecified atom stereocenters. The number of ketones is 1. The number of nitrogens with zero attached hydrogens (tertiary/aromatic N) is 1. The maximum atomic E-state index is 13.0. The van der Waals surface area contributed by atoms with Gasteiger partial charge in [0.05, 0.1) is 23.4 Å². The zero-order valence-electron chi connectivity index (χ0n) is 21.7. The van der Waals surface area contributed by atoms with Gasteiger partial charge in [0.2, 0.25) is 0 Å². The lowest BCUT2D eigenvalue weighted by atomic mass is 10.0. The first-order chi connectivity index (χ1) is 17.8. The zero-order valence-corrected chi connectivity index (χ0v) is 23.3. The minimum Gasteiger partial charge on any atom is -0.489 e. The summed E-state index contributed by atoms with van der Waals surface area (Å²) in [4.78, 5) is 44.7. The lowest BCUT2D eigenvalue weighted by Crippen LogP contribution is -2.39. The molecule has 4 N–H and O–H groups in total. The normalized spacial score (nSPS) is 16.2. The number of likely N-dealkylation sites (N-methyl/N-ethyl adjacent to an activating group) is 1. The third-order valence-electron chi connectivity index (χ3n) is 5.78. The van der Waals surface area contributed by atoms with Crippen LogP contribution in [-0.4, -0.2) is 58.3 Å². The molecule has 0 saturated carbocycles. The van der Waals surface area contributed by atoms with Crippen molar-refractivity contribution in [3.05, 3.63) is 70.4 Å². The molecule has 0 aromatic heterocycles. The Labute approximate surface area is 227 Å². The van der Waals surface area contributed by atoms with Crippen molar-refractivity contribution in [1.82, 2.24) is 15.5 Å². The molecule has 1 aliphatic rings. The summed E-state index contributed by atoms with van der Waals surface area (Å²) >= 11 is 6.28. The third kappa shape index (κ3) is 8.58. The van der Waals surface area contributed by atoms with Crippen molar-refractivity contribution in [3.8, 4) is 5.75 Å². The Kier molecular flexibility index (Phi) is 9.98. The van der Waals surface area contributed by atoms with Crippen molar-refractivity contribution in [2.24, 2.45) is 0 Å². The van der Waals surface area contributed by atoms with E-state index in [1.807, 2.05) is 56.3 Å². The summed E-state index contributed by atoms with van der Waals surface area (Å²) in [6.45, 7) is 5.03. The summed E-state index contributed by atoms with van der Waals surface area (Å²) in [5, 5.41) is 6.40. The van der Waals surface area contributed by atoms with Crippen LogP contribution >= 0.6 is 19.4 Å². The van der Waals surface area contributed by atoms with Crippen LogP contribution in [0.1, 0.15) is 48.7 Å². The van der Waals surface area contributed by atoms with Gasteiger partial charge in [-0.25, -0.2) is 4.57 Å². The monoisotopic (exact) mass is 565 g/mol. The highest BCUT2D eigenvalue weighted by Gasteiger charge is 2.25. The largest absolute Gasteiger partial charge is 0.489 e. The van der Waals surface area contributed by atoms with Crippen LogP contribution in [0, 0.1) is 0 Å². The minimum absolute atomic E-state index is 0.00912. The smallest absolute Gasteiger partial charge is 0.469 e. The number of halogens is 1. The summed E-state index contributed by atoms with van der Waals surface area (Å²) in [5.41, 5.74) is 2.93. The van der Waals surface area contributed by atoms with Gasteiger partial charge in [-0.3, -0.25) is 14.1 Å². The summed E-state index contributed by atoms with van der Waals surface area (Å²) in [6, 6.07) is 11.9. The highest BCUT2D eigenvalue weighted by molar-refractivity contribution is 7.46. The van der Waals surface area contributed by atoms with Gasteiger partial charge in [-0.2, -0.15) is 0 Å². The topological polar surface area (TPSA) is 137 Å². The average Bonchev–Trinajstić information content (AvgIpc) is 3.21. The van der Waals surface area contributed by atoms with Gasteiger partial charge in [-0.05, 0) is 62.9 Å². The van der Waals surface area contributed by atoms with E-state index >= 15 is 0 Å². The molecule has 2 aromatic carbocycles. The maximum absolute atomic E-state index is 13.0. The minimum atomic E-state index is -4.64. The van der Waals surface area contributed by atoms with Crippen LogP contribution < -0.4 is 15.4 Å². The van der Waals surface area contributed by atoms with E-state index in [-0.39, 0.29) is 30.8 Å². The molecule has 2 atom stereocenters. The fourth-order valence-corrected chi connectivity index (χ4v) is 4.58. The lowest BCUT2D eigenvalue weighted by Gasteiger charge is -2.20. The number of amides is 1. The molecule has 0 aliphatic carbocycles. The summed E-state index contributed by atoms with van der Waals surface area (Å²) < 4.78 is 21.4. The molecule has 0 radical (unpaired) electrons. The van der Waals surface area contributed by atoms with E-state index in [9.17, 15) is 14.2 Å². The molecule has 0 saturated heterocycles. The summed E-state index contributed by atoms with van der Waals surface area (Å²) in [7, 11) is -2.82. The van der Waals surface area contributed by atoms with Gasteiger partial charge in [-0.1, -0.05) is 35.9 Å². The Balaban J connectivity index is 1.71. The van der Waals surface area contributed by atoms with Gasteiger partial charge in [0.25, 0.3) is 5.91 Å². The van der Waals surface area contributed by atoms with E-state index in [1.54, 1.807) is 12.1 Å². The first-order valence-corrected chi connectivity index (χ1v) is 14.0. The average molecular weight is 566 g/mol. The predicted octanol–water partition coefficient (Wildman–Crippen LogP) is 3.72. The quantitative estimate of drug-likeness (QED) is 0.284. The van der Waals surface area contributed by atoms with E-state index in [2.05, 4.69) is 15.2 Å². The van der Waals surface area contributed by atoms with E-state index < -0.39 is 20.0 Å². The van der Waals surface area contributed by atoms with Gasteiger partial charge in [-0.15, -0.1) is 0 Å². The van der Waals surface area contributed by atoms with Crippen molar-refractivity contribution < 1.29 is 33.2 Å². The molecular formula is C26H33ClN3O7P. The number of carbonyl (C=O) groups is 2. The van der Waals surface area contributed by atoms with Crippen LogP contribution in [0.4, 0.5) is 0 Å². The summed E-state index contributed by atoms with van der Waals surface area (Å²) in [6.07, 6.45) is 1.94. The molecule has 1 aliphatic heterocycles. The van der Waals surface area contributed by atoms with Crippen molar-refractivity contribution in [2.75, 3.05) is 13.7 Å². The van der Waals surface area contributed by atoms with E-state index in [1.165, 1.54) is 13.0 Å².